The normalized spacial score (nSPS) is 15.9. The Kier molecular flexibility index (Phi) is 6.11. The van der Waals surface area contributed by atoms with Crippen molar-refractivity contribution >= 4 is 50.9 Å². The quantitative estimate of drug-likeness (QED) is 0.522. The summed E-state index contributed by atoms with van der Waals surface area (Å²) >= 11 is 4.93. The van der Waals surface area contributed by atoms with Gasteiger partial charge in [0.2, 0.25) is 5.91 Å². The molecule has 1 N–H and O–H groups in total. The summed E-state index contributed by atoms with van der Waals surface area (Å²) < 4.78 is 6.31. The van der Waals surface area contributed by atoms with Gasteiger partial charge in [-0.3, -0.25) is 14.5 Å². The van der Waals surface area contributed by atoms with E-state index in [1.54, 1.807) is 24.1 Å². The second kappa shape index (κ2) is 8.93. The van der Waals surface area contributed by atoms with Crippen LogP contribution in [0.15, 0.2) is 77.3 Å². The number of ether oxygens (including phenoxy) is 1. The molecule has 152 valence electrons. The van der Waals surface area contributed by atoms with Gasteiger partial charge in [-0.1, -0.05) is 52.3 Å². The van der Waals surface area contributed by atoms with Gasteiger partial charge in [0, 0.05) is 21.3 Å². The van der Waals surface area contributed by atoms with E-state index < -0.39 is 0 Å². The van der Waals surface area contributed by atoms with Crippen molar-refractivity contribution in [3.8, 4) is 5.75 Å². The van der Waals surface area contributed by atoms with Crippen LogP contribution in [0, 0.1) is 0 Å². The number of carbonyl (C=O) groups is 2. The maximum absolute atomic E-state index is 12.8. The Morgan fingerprint density at radius 2 is 1.87 bits per heavy atom. The first-order valence-corrected chi connectivity index (χ1v) is 11.1. The van der Waals surface area contributed by atoms with Gasteiger partial charge >= 0.3 is 0 Å². The number of hydrogen-bond acceptors (Lipinski definition) is 4. The molecule has 4 rings (SSSR count). The molecule has 0 spiro atoms. The summed E-state index contributed by atoms with van der Waals surface area (Å²) in [6.07, 6.45) is 0. The predicted octanol–water partition coefficient (Wildman–Crippen LogP) is 5.49. The lowest BCUT2D eigenvalue weighted by Gasteiger charge is -2.27. The van der Waals surface area contributed by atoms with Gasteiger partial charge in [-0.25, -0.2) is 0 Å². The third-order valence-electron chi connectivity index (χ3n) is 4.77. The van der Waals surface area contributed by atoms with Crippen molar-refractivity contribution in [3.63, 3.8) is 0 Å². The van der Waals surface area contributed by atoms with Gasteiger partial charge in [-0.05, 0) is 36.4 Å². The largest absolute Gasteiger partial charge is 0.495 e. The molecule has 1 heterocycles. The molecule has 0 radical (unpaired) electrons. The molecule has 0 unspecified atom stereocenters. The van der Waals surface area contributed by atoms with Crippen LogP contribution in [0.4, 0.5) is 11.4 Å². The Bertz CT molecular complexity index is 1110. The second-order valence-corrected chi connectivity index (χ2v) is 8.63. The van der Waals surface area contributed by atoms with Gasteiger partial charge in [0.05, 0.1) is 18.6 Å². The number of para-hydroxylation sites is 3. The van der Waals surface area contributed by atoms with E-state index in [-0.39, 0.29) is 17.2 Å². The first-order valence-electron chi connectivity index (χ1n) is 9.31. The van der Waals surface area contributed by atoms with Crippen molar-refractivity contribution in [1.29, 1.82) is 0 Å². The fourth-order valence-corrected chi connectivity index (χ4v) is 5.00. The molecule has 0 aromatic heterocycles. The van der Waals surface area contributed by atoms with E-state index in [1.165, 1.54) is 11.8 Å². The molecule has 1 aliphatic rings. The van der Waals surface area contributed by atoms with Gasteiger partial charge in [-0.15, -0.1) is 11.8 Å². The number of nitrogens with zero attached hydrogens (tertiary/aromatic N) is 1. The number of methoxy groups -OCH3 is 1. The topological polar surface area (TPSA) is 58.6 Å². The molecule has 0 saturated carbocycles. The minimum Gasteiger partial charge on any atom is -0.495 e. The molecule has 1 aliphatic heterocycles. The summed E-state index contributed by atoms with van der Waals surface area (Å²) in [6, 6.07) is 22.3. The Morgan fingerprint density at radius 1 is 1.10 bits per heavy atom. The smallest absolute Gasteiger partial charge is 0.255 e. The minimum absolute atomic E-state index is 0.00243. The van der Waals surface area contributed by atoms with Gasteiger partial charge in [-0.2, -0.15) is 0 Å². The summed E-state index contributed by atoms with van der Waals surface area (Å²) in [6.45, 7) is 0. The average molecular weight is 483 g/mol. The first kappa shape index (κ1) is 20.5. The Balaban J connectivity index is 1.69. The number of thioether (sulfide) groups is 1. The second-order valence-electron chi connectivity index (χ2n) is 6.65. The van der Waals surface area contributed by atoms with Crippen LogP contribution in [0.1, 0.15) is 21.3 Å². The SMILES string of the molecule is COc1ccccc1N1C(=O)CS[C@H]1c1ccccc1NC(=O)c1cccc(Br)c1. The lowest BCUT2D eigenvalue weighted by Crippen LogP contribution is -2.29. The lowest BCUT2D eigenvalue weighted by molar-refractivity contribution is -0.115. The molecule has 1 saturated heterocycles. The van der Waals surface area contributed by atoms with E-state index in [0.717, 1.165) is 10.0 Å². The Labute approximate surface area is 187 Å². The highest BCUT2D eigenvalue weighted by Gasteiger charge is 2.36. The molecule has 3 aromatic rings. The molecule has 5 nitrogen and oxygen atoms in total. The Morgan fingerprint density at radius 3 is 2.67 bits per heavy atom. The highest BCUT2D eigenvalue weighted by molar-refractivity contribution is 9.10. The number of nitrogens with one attached hydrogen (secondary N) is 1. The number of rotatable bonds is 5. The van der Waals surface area contributed by atoms with Crippen molar-refractivity contribution in [2.75, 3.05) is 23.1 Å². The summed E-state index contributed by atoms with van der Waals surface area (Å²) in [5.41, 5.74) is 2.81. The summed E-state index contributed by atoms with van der Waals surface area (Å²) in [7, 11) is 1.59. The van der Waals surface area contributed by atoms with Crippen molar-refractivity contribution in [2.24, 2.45) is 0 Å². The maximum atomic E-state index is 12.8. The fourth-order valence-electron chi connectivity index (χ4n) is 3.39. The number of benzene rings is 3. The number of halogens is 1. The van der Waals surface area contributed by atoms with Crippen molar-refractivity contribution in [1.82, 2.24) is 0 Å². The molecule has 0 bridgehead atoms. The number of carbonyl (C=O) groups excluding carboxylic acids is 2. The van der Waals surface area contributed by atoms with Crippen LogP contribution in [-0.4, -0.2) is 24.7 Å². The highest BCUT2D eigenvalue weighted by Crippen LogP contribution is 2.46. The number of anilines is 2. The number of hydrogen-bond donors (Lipinski definition) is 1. The van der Waals surface area contributed by atoms with Gasteiger partial charge in [0.15, 0.2) is 0 Å². The zero-order chi connectivity index (χ0) is 21.1. The third kappa shape index (κ3) is 4.08. The van der Waals surface area contributed by atoms with E-state index in [0.29, 0.717) is 28.4 Å². The van der Waals surface area contributed by atoms with Crippen molar-refractivity contribution < 1.29 is 14.3 Å². The number of amides is 2. The van der Waals surface area contributed by atoms with Crippen LogP contribution < -0.4 is 15.0 Å². The fraction of sp³-hybridized carbons (Fsp3) is 0.130. The van der Waals surface area contributed by atoms with E-state index in [4.69, 9.17) is 4.74 Å². The van der Waals surface area contributed by atoms with Crippen LogP contribution in [0.5, 0.6) is 5.75 Å². The van der Waals surface area contributed by atoms with Crippen LogP contribution in [0.25, 0.3) is 0 Å². The zero-order valence-corrected chi connectivity index (χ0v) is 18.6. The monoisotopic (exact) mass is 482 g/mol. The molecular weight excluding hydrogens is 464 g/mol. The summed E-state index contributed by atoms with van der Waals surface area (Å²) in [4.78, 5) is 27.3. The molecule has 30 heavy (non-hydrogen) atoms. The van der Waals surface area contributed by atoms with Crippen LogP contribution in [0.3, 0.4) is 0 Å². The minimum atomic E-state index is -0.271. The zero-order valence-electron chi connectivity index (χ0n) is 16.2. The standard InChI is InChI=1S/C23H19BrN2O3S/c1-29-20-12-5-4-11-19(20)26-21(27)14-30-23(26)17-9-2-3-10-18(17)25-22(28)15-7-6-8-16(24)13-15/h2-13,23H,14H2,1H3,(H,25,28)/t23-/m0/s1. The first-order chi connectivity index (χ1) is 14.6. The van der Waals surface area contributed by atoms with Crippen LogP contribution in [0.2, 0.25) is 0 Å². The third-order valence-corrected chi connectivity index (χ3v) is 6.46. The van der Waals surface area contributed by atoms with Gasteiger partial charge in [0.25, 0.3) is 5.91 Å². The van der Waals surface area contributed by atoms with Crippen molar-refractivity contribution in [2.45, 2.75) is 5.37 Å². The molecule has 2 amide bonds. The lowest BCUT2D eigenvalue weighted by atomic mass is 10.1. The van der Waals surface area contributed by atoms with Crippen LogP contribution >= 0.6 is 27.7 Å². The summed E-state index contributed by atoms with van der Waals surface area (Å²) in [5, 5.41) is 2.73. The van der Waals surface area contributed by atoms with E-state index in [9.17, 15) is 9.59 Å². The van der Waals surface area contributed by atoms with E-state index in [2.05, 4.69) is 21.2 Å². The molecule has 0 aliphatic carbocycles. The van der Waals surface area contributed by atoms with E-state index in [1.807, 2.05) is 60.7 Å². The highest BCUT2D eigenvalue weighted by atomic mass is 79.9. The average Bonchev–Trinajstić information content (AvgIpc) is 3.15. The molecule has 3 aromatic carbocycles. The maximum Gasteiger partial charge on any atom is 0.255 e. The summed E-state index contributed by atoms with van der Waals surface area (Å²) in [5.74, 6) is 0.787. The molecule has 1 atom stereocenters. The van der Waals surface area contributed by atoms with Gasteiger partial charge < -0.3 is 10.1 Å². The Hall–Kier alpha value is -2.77. The molecule has 7 heteroatoms. The van der Waals surface area contributed by atoms with E-state index >= 15 is 0 Å². The van der Waals surface area contributed by atoms with Crippen molar-refractivity contribution in [3.05, 3.63) is 88.4 Å². The molecular formula is C23H19BrN2O3S. The predicted molar refractivity (Wildman–Crippen MR) is 124 cm³/mol. The van der Waals surface area contributed by atoms with Gasteiger partial charge in [0.1, 0.15) is 11.1 Å². The van der Waals surface area contributed by atoms with Crippen LogP contribution in [-0.2, 0) is 4.79 Å². The molecule has 1 fully saturated rings.